The van der Waals surface area contributed by atoms with Gasteiger partial charge in [-0.25, -0.2) is 0 Å². The first-order valence-corrected chi connectivity index (χ1v) is 6.31. The monoisotopic (exact) mass is 224 g/mol. The zero-order valence-corrected chi connectivity index (χ0v) is 11.5. The van der Waals surface area contributed by atoms with Gasteiger partial charge in [-0.1, -0.05) is 39.8 Å². The molecule has 94 valence electrons. The summed E-state index contributed by atoms with van der Waals surface area (Å²) in [7, 11) is 1.93. The van der Waals surface area contributed by atoms with Crippen molar-refractivity contribution < 1.29 is 0 Å². The molecule has 16 heavy (non-hydrogen) atoms. The Morgan fingerprint density at radius 1 is 1.31 bits per heavy atom. The van der Waals surface area contributed by atoms with Crippen LogP contribution < -0.4 is 11.1 Å². The molecule has 0 aliphatic rings. The third-order valence-corrected chi connectivity index (χ3v) is 3.47. The molecular formula is C14H28N2. The van der Waals surface area contributed by atoms with Gasteiger partial charge >= 0.3 is 0 Å². The maximum Gasteiger partial charge on any atom is 0.0264 e. The first-order valence-electron chi connectivity index (χ1n) is 6.31. The second kappa shape index (κ2) is 8.26. The standard InChI is InChI=1S/C14H28N2/c1-6-7-8-11(2)13(4)12(3)9-14(10-15)16-5/h7-8,10-13,16H,6,9,15H2,1-5H3/b8-7-,14-10+/t11-,12?,13-/m0/s1. The molecule has 0 saturated carbocycles. The first kappa shape index (κ1) is 15.1. The topological polar surface area (TPSA) is 38.0 Å². The molecule has 0 aliphatic heterocycles. The van der Waals surface area contributed by atoms with Crippen molar-refractivity contribution in [1.29, 1.82) is 0 Å². The summed E-state index contributed by atoms with van der Waals surface area (Å²) >= 11 is 0. The Labute approximate surface area is 101 Å². The summed E-state index contributed by atoms with van der Waals surface area (Å²) < 4.78 is 0. The maximum atomic E-state index is 5.55. The van der Waals surface area contributed by atoms with Gasteiger partial charge in [-0.05, 0) is 30.6 Å². The smallest absolute Gasteiger partial charge is 0.0264 e. The van der Waals surface area contributed by atoms with Gasteiger partial charge in [-0.2, -0.15) is 0 Å². The van der Waals surface area contributed by atoms with Crippen LogP contribution in [0.1, 0.15) is 40.5 Å². The van der Waals surface area contributed by atoms with Gasteiger partial charge in [0.2, 0.25) is 0 Å². The highest BCUT2D eigenvalue weighted by Gasteiger charge is 2.17. The van der Waals surface area contributed by atoms with Crippen LogP contribution in [0.25, 0.3) is 0 Å². The maximum absolute atomic E-state index is 5.55. The van der Waals surface area contributed by atoms with Crippen LogP contribution in [0.2, 0.25) is 0 Å². The van der Waals surface area contributed by atoms with Crippen molar-refractivity contribution >= 4 is 0 Å². The van der Waals surface area contributed by atoms with Crippen LogP contribution in [-0.2, 0) is 0 Å². The van der Waals surface area contributed by atoms with E-state index in [0.29, 0.717) is 17.8 Å². The van der Waals surface area contributed by atoms with Crippen LogP contribution in [0.3, 0.4) is 0 Å². The van der Waals surface area contributed by atoms with E-state index in [2.05, 4.69) is 45.2 Å². The number of nitrogens with two attached hydrogens (primary N) is 1. The van der Waals surface area contributed by atoms with Crippen LogP contribution in [0.5, 0.6) is 0 Å². The molecule has 0 fully saturated rings. The predicted octanol–water partition coefficient (Wildman–Crippen LogP) is 3.27. The van der Waals surface area contributed by atoms with Crippen molar-refractivity contribution in [3.05, 3.63) is 24.0 Å². The Kier molecular flexibility index (Phi) is 7.78. The third-order valence-electron chi connectivity index (χ3n) is 3.47. The van der Waals surface area contributed by atoms with Crippen LogP contribution in [0, 0.1) is 17.8 Å². The second-order valence-corrected chi connectivity index (χ2v) is 4.68. The number of hydrogen-bond donors (Lipinski definition) is 2. The van der Waals surface area contributed by atoms with Gasteiger partial charge in [0.05, 0.1) is 0 Å². The predicted molar refractivity (Wildman–Crippen MR) is 72.9 cm³/mol. The summed E-state index contributed by atoms with van der Waals surface area (Å²) in [6.45, 7) is 9.08. The molecule has 0 aromatic heterocycles. The molecule has 0 aromatic rings. The van der Waals surface area contributed by atoms with E-state index in [-0.39, 0.29) is 0 Å². The Bertz CT molecular complexity index is 231. The molecule has 1 unspecified atom stereocenters. The summed E-state index contributed by atoms with van der Waals surface area (Å²) in [6.07, 6.45) is 8.40. The Hall–Kier alpha value is -0.920. The van der Waals surface area contributed by atoms with Crippen molar-refractivity contribution in [2.75, 3.05) is 7.05 Å². The summed E-state index contributed by atoms with van der Waals surface area (Å²) in [4.78, 5) is 0. The average Bonchev–Trinajstić information content (AvgIpc) is 2.31. The fraction of sp³-hybridized carbons (Fsp3) is 0.714. The summed E-state index contributed by atoms with van der Waals surface area (Å²) in [5, 5.41) is 3.14. The van der Waals surface area contributed by atoms with Gasteiger partial charge in [0.25, 0.3) is 0 Å². The SMILES string of the molecule is CC/C=C\[C@H](C)[C@H](C)C(C)C/C(=C\N)NC. The Morgan fingerprint density at radius 2 is 1.94 bits per heavy atom. The van der Waals surface area contributed by atoms with Crippen LogP contribution in [-0.4, -0.2) is 7.05 Å². The number of rotatable bonds is 7. The molecule has 0 radical (unpaired) electrons. The lowest BCUT2D eigenvalue weighted by molar-refractivity contribution is 0.314. The lowest BCUT2D eigenvalue weighted by atomic mass is 9.82. The molecule has 2 nitrogen and oxygen atoms in total. The lowest BCUT2D eigenvalue weighted by Gasteiger charge is -2.25. The van der Waals surface area contributed by atoms with Gasteiger partial charge in [0.1, 0.15) is 0 Å². The van der Waals surface area contributed by atoms with Crippen molar-refractivity contribution in [1.82, 2.24) is 5.32 Å². The van der Waals surface area contributed by atoms with Crippen molar-refractivity contribution in [3.63, 3.8) is 0 Å². The molecule has 0 rings (SSSR count). The minimum Gasteiger partial charge on any atom is -0.403 e. The normalized spacial score (nSPS) is 18.4. The number of hydrogen-bond acceptors (Lipinski definition) is 2. The quantitative estimate of drug-likeness (QED) is 0.651. The van der Waals surface area contributed by atoms with E-state index in [1.165, 1.54) is 0 Å². The first-order chi connectivity index (χ1) is 7.56. The van der Waals surface area contributed by atoms with Crippen LogP contribution >= 0.6 is 0 Å². The highest BCUT2D eigenvalue weighted by Crippen LogP contribution is 2.26. The summed E-state index contributed by atoms with van der Waals surface area (Å²) in [6, 6.07) is 0. The van der Waals surface area contributed by atoms with E-state index in [4.69, 9.17) is 5.73 Å². The van der Waals surface area contributed by atoms with Gasteiger partial charge in [-0.3, -0.25) is 0 Å². The molecule has 2 heteroatoms. The third kappa shape index (κ3) is 5.24. The fourth-order valence-corrected chi connectivity index (χ4v) is 1.83. The van der Waals surface area contributed by atoms with E-state index in [0.717, 1.165) is 18.5 Å². The molecule has 0 bridgehead atoms. The minimum absolute atomic E-state index is 0.630. The molecule has 3 N–H and O–H groups in total. The number of nitrogens with one attached hydrogen (secondary N) is 1. The lowest BCUT2D eigenvalue weighted by Crippen LogP contribution is -2.19. The highest BCUT2D eigenvalue weighted by molar-refractivity contribution is 4.98. The molecule has 0 aliphatic carbocycles. The van der Waals surface area contributed by atoms with E-state index < -0.39 is 0 Å². The molecule has 3 atom stereocenters. The van der Waals surface area contributed by atoms with Gasteiger partial charge in [-0.15, -0.1) is 0 Å². The van der Waals surface area contributed by atoms with Gasteiger partial charge in [0, 0.05) is 18.9 Å². The Balaban J connectivity index is 4.26. The molecule has 0 saturated heterocycles. The largest absolute Gasteiger partial charge is 0.403 e. The zero-order chi connectivity index (χ0) is 12.6. The van der Waals surface area contributed by atoms with E-state index in [1.54, 1.807) is 6.20 Å². The van der Waals surface area contributed by atoms with Crippen molar-refractivity contribution in [2.45, 2.75) is 40.5 Å². The minimum atomic E-state index is 0.630. The van der Waals surface area contributed by atoms with E-state index >= 15 is 0 Å². The molecule has 0 aromatic carbocycles. The van der Waals surface area contributed by atoms with Gasteiger partial charge in [0.15, 0.2) is 0 Å². The molecule has 0 heterocycles. The number of allylic oxidation sites excluding steroid dienone is 3. The van der Waals surface area contributed by atoms with Crippen molar-refractivity contribution in [3.8, 4) is 0 Å². The molecule has 0 spiro atoms. The highest BCUT2D eigenvalue weighted by atomic mass is 14.8. The fourth-order valence-electron chi connectivity index (χ4n) is 1.83. The zero-order valence-electron chi connectivity index (χ0n) is 11.5. The molecular weight excluding hydrogens is 196 g/mol. The van der Waals surface area contributed by atoms with Crippen LogP contribution in [0.4, 0.5) is 0 Å². The summed E-state index contributed by atoms with van der Waals surface area (Å²) in [5.41, 5.74) is 6.68. The van der Waals surface area contributed by atoms with Gasteiger partial charge < -0.3 is 11.1 Å². The second-order valence-electron chi connectivity index (χ2n) is 4.68. The van der Waals surface area contributed by atoms with E-state index in [1.807, 2.05) is 7.05 Å². The average molecular weight is 224 g/mol. The summed E-state index contributed by atoms with van der Waals surface area (Å²) in [5.74, 6) is 1.94. The Morgan fingerprint density at radius 3 is 2.38 bits per heavy atom. The van der Waals surface area contributed by atoms with E-state index in [9.17, 15) is 0 Å². The van der Waals surface area contributed by atoms with Crippen LogP contribution in [0.15, 0.2) is 24.0 Å². The van der Waals surface area contributed by atoms with Crippen molar-refractivity contribution in [2.24, 2.45) is 23.5 Å². The molecule has 0 amide bonds.